The number of quaternary nitrogens is 1. The second-order valence-electron chi connectivity index (χ2n) is 4.08. The topological polar surface area (TPSA) is 66.8 Å². The molecule has 2 N–H and O–H groups in total. The van der Waals surface area contributed by atoms with Gasteiger partial charge in [-0.15, -0.1) is 0 Å². The van der Waals surface area contributed by atoms with Crippen LogP contribution in [0.5, 0.6) is 0 Å². The summed E-state index contributed by atoms with van der Waals surface area (Å²) < 4.78 is 15.4. The average Bonchev–Trinajstić information content (AvgIpc) is 1.82. The van der Waals surface area contributed by atoms with Crippen molar-refractivity contribution in [2.45, 2.75) is 19.4 Å². The lowest BCUT2D eigenvalue weighted by atomic mass is 10.2. The third-order valence-electron chi connectivity index (χ3n) is 2.12. The van der Waals surface area contributed by atoms with Crippen LogP contribution in [0.3, 0.4) is 0 Å². The van der Waals surface area contributed by atoms with Gasteiger partial charge in [0.2, 0.25) is 0 Å². The number of rotatable bonds is 5. The number of phosphoric acid groups is 1. The lowest BCUT2D eigenvalue weighted by Crippen LogP contribution is -2.43. The molecule has 0 aliphatic carbocycles. The fourth-order valence-electron chi connectivity index (χ4n) is 0.729. The fraction of sp³-hybridized carbons (Fsp3) is 1.00. The van der Waals surface area contributed by atoms with Crippen LogP contribution in [0.2, 0.25) is 0 Å². The van der Waals surface area contributed by atoms with E-state index < -0.39 is 7.82 Å². The van der Waals surface area contributed by atoms with E-state index in [9.17, 15) is 4.57 Å². The normalized spacial score (nSPS) is 15.8. The summed E-state index contributed by atoms with van der Waals surface area (Å²) in [5.74, 6) is 0. The predicted molar refractivity (Wildman–Crippen MR) is 50.1 cm³/mol. The third-order valence-corrected chi connectivity index (χ3v) is 2.64. The minimum absolute atomic E-state index is 0.0982. The molecule has 6 heteroatoms. The molecule has 0 bridgehead atoms. The average molecular weight is 212 g/mol. The molecule has 5 nitrogen and oxygen atoms in total. The Kier molecular flexibility index (Phi) is 4.55. The molecule has 0 heterocycles. The van der Waals surface area contributed by atoms with Gasteiger partial charge in [-0.2, -0.15) is 0 Å². The van der Waals surface area contributed by atoms with Gasteiger partial charge in [0.05, 0.1) is 33.8 Å². The molecule has 1 unspecified atom stereocenters. The maximum Gasteiger partial charge on any atom is 0.469 e. The first-order chi connectivity index (χ1) is 5.63. The molecule has 0 aliphatic heterocycles. The molecule has 0 saturated heterocycles. The van der Waals surface area contributed by atoms with Gasteiger partial charge in [-0.05, 0) is 6.92 Å². The molecule has 80 valence electrons. The summed E-state index contributed by atoms with van der Waals surface area (Å²) in [4.78, 5) is 16.8. The van der Waals surface area contributed by atoms with Gasteiger partial charge in [0.1, 0.15) is 0 Å². The van der Waals surface area contributed by atoms with Crippen LogP contribution in [-0.2, 0) is 9.09 Å². The smallest absolute Gasteiger partial charge is 0.329 e. The van der Waals surface area contributed by atoms with Crippen LogP contribution in [0.15, 0.2) is 0 Å². The number of hydrogen-bond acceptors (Lipinski definition) is 2. The maximum atomic E-state index is 10.3. The summed E-state index contributed by atoms with van der Waals surface area (Å²) >= 11 is 0. The van der Waals surface area contributed by atoms with Crippen molar-refractivity contribution in [1.29, 1.82) is 0 Å². The van der Waals surface area contributed by atoms with Crippen molar-refractivity contribution in [3.63, 3.8) is 0 Å². The summed E-state index contributed by atoms with van der Waals surface area (Å²) in [5, 5.41) is 0. The molecule has 0 aromatic rings. The Morgan fingerprint density at radius 2 is 1.85 bits per heavy atom. The van der Waals surface area contributed by atoms with Gasteiger partial charge >= 0.3 is 7.82 Å². The SMILES string of the molecule is CC(CCOP(=O)(O)O)[N+](C)(C)C. The van der Waals surface area contributed by atoms with Crippen LogP contribution < -0.4 is 0 Å². The highest BCUT2D eigenvalue weighted by molar-refractivity contribution is 7.46. The van der Waals surface area contributed by atoms with E-state index in [-0.39, 0.29) is 6.61 Å². The first-order valence-electron chi connectivity index (χ1n) is 4.14. The van der Waals surface area contributed by atoms with Crippen molar-refractivity contribution in [2.75, 3.05) is 27.7 Å². The zero-order valence-electron chi connectivity index (χ0n) is 8.60. The van der Waals surface area contributed by atoms with E-state index in [1.54, 1.807) is 0 Å². The third kappa shape index (κ3) is 7.16. The van der Waals surface area contributed by atoms with E-state index in [4.69, 9.17) is 9.79 Å². The molecular formula is C7H19NO4P+. The molecule has 0 aromatic heterocycles. The lowest BCUT2D eigenvalue weighted by molar-refractivity contribution is -0.894. The van der Waals surface area contributed by atoms with Crippen LogP contribution in [0.1, 0.15) is 13.3 Å². The molecule has 0 fully saturated rings. The second-order valence-corrected chi connectivity index (χ2v) is 5.32. The Balaban J connectivity index is 3.73. The summed E-state index contributed by atoms with van der Waals surface area (Å²) in [6.07, 6.45) is 0.634. The molecule has 0 aliphatic rings. The van der Waals surface area contributed by atoms with E-state index in [1.165, 1.54) is 0 Å². The van der Waals surface area contributed by atoms with Crippen LogP contribution in [0, 0.1) is 0 Å². The van der Waals surface area contributed by atoms with Gasteiger partial charge in [0.25, 0.3) is 0 Å². The summed E-state index contributed by atoms with van der Waals surface area (Å²) in [6, 6.07) is 0.312. The standard InChI is InChI=1S/C7H18NO4P/c1-7(8(2,3)4)5-6-12-13(9,10)11/h7H,5-6H2,1-4H3,(H-,9,10,11)/p+1. The minimum atomic E-state index is -4.28. The fourth-order valence-corrected chi connectivity index (χ4v) is 1.07. The Hall–Kier alpha value is 0.0700. The quantitative estimate of drug-likeness (QED) is 0.516. The van der Waals surface area contributed by atoms with Crippen LogP contribution in [-0.4, -0.2) is 48.1 Å². The van der Waals surface area contributed by atoms with Crippen molar-refractivity contribution >= 4 is 7.82 Å². The van der Waals surface area contributed by atoms with Crippen molar-refractivity contribution in [2.24, 2.45) is 0 Å². The molecule has 0 aromatic carbocycles. The summed E-state index contributed by atoms with van der Waals surface area (Å²) in [5.41, 5.74) is 0. The van der Waals surface area contributed by atoms with E-state index in [0.717, 1.165) is 4.48 Å². The van der Waals surface area contributed by atoms with E-state index in [2.05, 4.69) is 4.52 Å². The first kappa shape index (κ1) is 13.1. The monoisotopic (exact) mass is 212 g/mol. The zero-order valence-corrected chi connectivity index (χ0v) is 9.49. The van der Waals surface area contributed by atoms with E-state index in [1.807, 2.05) is 28.1 Å². The van der Waals surface area contributed by atoms with Crippen molar-refractivity contribution in [1.82, 2.24) is 0 Å². The molecule has 0 saturated carbocycles. The first-order valence-corrected chi connectivity index (χ1v) is 5.67. The predicted octanol–water partition coefficient (Wildman–Crippen LogP) is 0.580. The largest absolute Gasteiger partial charge is 0.469 e. The van der Waals surface area contributed by atoms with Crippen LogP contribution in [0.4, 0.5) is 0 Å². The Labute approximate surface area is 79.2 Å². The van der Waals surface area contributed by atoms with Gasteiger partial charge < -0.3 is 14.3 Å². The number of phosphoric ester groups is 1. The Morgan fingerprint density at radius 1 is 1.38 bits per heavy atom. The van der Waals surface area contributed by atoms with Gasteiger partial charge in [0, 0.05) is 6.42 Å². The van der Waals surface area contributed by atoms with Gasteiger partial charge in [-0.1, -0.05) is 0 Å². The highest BCUT2D eigenvalue weighted by atomic mass is 31.2. The maximum absolute atomic E-state index is 10.3. The minimum Gasteiger partial charge on any atom is -0.329 e. The van der Waals surface area contributed by atoms with Crippen LogP contribution >= 0.6 is 7.82 Å². The zero-order chi connectivity index (χ0) is 10.7. The lowest BCUT2D eigenvalue weighted by Gasteiger charge is -2.31. The molecule has 0 spiro atoms. The molecule has 0 amide bonds. The molecule has 0 radical (unpaired) electrons. The Bertz CT molecular complexity index is 195. The number of nitrogens with zero attached hydrogens (tertiary/aromatic N) is 1. The molecule has 13 heavy (non-hydrogen) atoms. The van der Waals surface area contributed by atoms with Gasteiger partial charge in [-0.3, -0.25) is 4.52 Å². The van der Waals surface area contributed by atoms with Gasteiger partial charge in [0.15, 0.2) is 0 Å². The molecular weight excluding hydrogens is 193 g/mol. The highest BCUT2D eigenvalue weighted by Gasteiger charge is 2.20. The molecule has 1 atom stereocenters. The van der Waals surface area contributed by atoms with Crippen molar-refractivity contribution in [3.8, 4) is 0 Å². The van der Waals surface area contributed by atoms with E-state index in [0.29, 0.717) is 12.5 Å². The van der Waals surface area contributed by atoms with E-state index >= 15 is 0 Å². The number of hydrogen-bond donors (Lipinski definition) is 2. The van der Waals surface area contributed by atoms with Gasteiger partial charge in [-0.25, -0.2) is 4.57 Å². The summed E-state index contributed by atoms with van der Waals surface area (Å²) in [7, 11) is 1.81. The summed E-state index contributed by atoms with van der Waals surface area (Å²) in [6.45, 7) is 2.12. The van der Waals surface area contributed by atoms with Crippen LogP contribution in [0.25, 0.3) is 0 Å². The van der Waals surface area contributed by atoms with Crippen molar-refractivity contribution < 1.29 is 23.4 Å². The van der Waals surface area contributed by atoms with Crippen molar-refractivity contribution in [3.05, 3.63) is 0 Å². The second kappa shape index (κ2) is 4.53. The molecule has 0 rings (SSSR count). The highest BCUT2D eigenvalue weighted by Crippen LogP contribution is 2.35. The Morgan fingerprint density at radius 3 is 2.15 bits per heavy atom.